The number of carbonyl (C=O) groups excluding carboxylic acids is 1. The number of aromatic nitrogens is 2. The first kappa shape index (κ1) is 17.5. The molecule has 1 aliphatic carbocycles. The molecule has 1 fully saturated rings. The molecule has 0 radical (unpaired) electrons. The van der Waals surface area contributed by atoms with Gasteiger partial charge in [0.1, 0.15) is 5.82 Å². The molecule has 2 heterocycles. The van der Waals surface area contributed by atoms with Crippen LogP contribution < -0.4 is 5.73 Å². The van der Waals surface area contributed by atoms with E-state index in [9.17, 15) is 13.2 Å². The van der Waals surface area contributed by atoms with Crippen LogP contribution in [0.15, 0.2) is 36.5 Å². The van der Waals surface area contributed by atoms with Gasteiger partial charge in [-0.3, -0.25) is 0 Å². The highest BCUT2D eigenvalue weighted by Crippen LogP contribution is 2.54. The van der Waals surface area contributed by atoms with E-state index in [1.807, 2.05) is 24.3 Å². The first-order valence-corrected chi connectivity index (χ1v) is 10.3. The average Bonchev–Trinajstić information content (AvgIpc) is 3.35. The van der Waals surface area contributed by atoms with Crippen molar-refractivity contribution in [1.29, 1.82) is 0 Å². The number of hydrogen-bond acceptors (Lipinski definition) is 6. The summed E-state index contributed by atoms with van der Waals surface area (Å²) in [6.45, 7) is 0. The largest absolute Gasteiger partial charge is 0.465 e. The molecule has 7 nitrogen and oxygen atoms in total. The topological polar surface area (TPSA) is 115 Å². The van der Waals surface area contributed by atoms with Crippen molar-refractivity contribution in [2.24, 2.45) is 0 Å². The highest BCUT2D eigenvalue weighted by atomic mass is 32.2. The number of nitrogen functional groups attached to an aromatic ring is 1. The number of sulfone groups is 1. The molecule has 0 bridgehead atoms. The minimum atomic E-state index is -3.26. The van der Waals surface area contributed by atoms with Gasteiger partial charge in [-0.15, -0.1) is 0 Å². The number of carbonyl (C=O) groups is 1. The summed E-state index contributed by atoms with van der Waals surface area (Å²) in [6.07, 6.45) is 3.85. The van der Waals surface area contributed by atoms with Gasteiger partial charge in [0.25, 0.3) is 0 Å². The molecule has 8 heteroatoms. The number of nitrogens with two attached hydrogens (primary N) is 1. The quantitative estimate of drug-likeness (QED) is 0.667. The molecule has 0 saturated heterocycles. The van der Waals surface area contributed by atoms with Crippen LogP contribution in [0.3, 0.4) is 0 Å². The summed E-state index contributed by atoms with van der Waals surface area (Å²) in [5, 5.41) is 0.586. The first-order valence-electron chi connectivity index (χ1n) is 8.43. The van der Waals surface area contributed by atoms with E-state index >= 15 is 0 Å². The molecule has 3 aromatic rings. The van der Waals surface area contributed by atoms with Crippen LogP contribution in [0.1, 0.15) is 28.8 Å². The number of fused-ring (bicyclic) bond motifs is 1. The van der Waals surface area contributed by atoms with Crippen LogP contribution in [0.2, 0.25) is 0 Å². The van der Waals surface area contributed by atoms with Crippen molar-refractivity contribution in [3.63, 3.8) is 0 Å². The number of H-pyrrole nitrogens is 1. The number of aromatic amines is 1. The summed E-state index contributed by atoms with van der Waals surface area (Å²) >= 11 is 0. The lowest BCUT2D eigenvalue weighted by Crippen LogP contribution is -2.20. The first-order chi connectivity index (χ1) is 12.8. The van der Waals surface area contributed by atoms with Crippen molar-refractivity contribution in [3.8, 4) is 11.3 Å². The number of hydrogen-bond donors (Lipinski definition) is 2. The van der Waals surface area contributed by atoms with E-state index in [4.69, 9.17) is 10.5 Å². The van der Waals surface area contributed by atoms with E-state index in [-0.39, 0.29) is 5.82 Å². The molecule has 0 amide bonds. The maximum atomic E-state index is 12.4. The molecule has 1 saturated carbocycles. The smallest absolute Gasteiger partial charge is 0.340 e. The fourth-order valence-electron chi connectivity index (χ4n) is 3.62. The number of ether oxygens (including phenoxy) is 1. The zero-order valence-electron chi connectivity index (χ0n) is 14.9. The van der Waals surface area contributed by atoms with Crippen molar-refractivity contribution in [2.75, 3.05) is 19.1 Å². The average molecular weight is 385 g/mol. The predicted octanol–water partition coefficient (Wildman–Crippen LogP) is 2.63. The van der Waals surface area contributed by atoms with Gasteiger partial charge in [-0.05, 0) is 24.5 Å². The van der Waals surface area contributed by atoms with Crippen molar-refractivity contribution in [2.45, 2.75) is 17.6 Å². The van der Waals surface area contributed by atoms with Gasteiger partial charge in [-0.1, -0.05) is 24.3 Å². The lowest BCUT2D eigenvalue weighted by molar-refractivity contribution is 0.0602. The molecule has 27 heavy (non-hydrogen) atoms. The maximum absolute atomic E-state index is 12.4. The number of anilines is 1. The Morgan fingerprint density at radius 1 is 1.30 bits per heavy atom. The molecule has 0 unspecified atom stereocenters. The van der Waals surface area contributed by atoms with E-state index < -0.39 is 20.6 Å². The summed E-state index contributed by atoms with van der Waals surface area (Å²) in [5.74, 6) is -0.258. The minimum absolute atomic E-state index is 0.255. The van der Waals surface area contributed by atoms with Gasteiger partial charge >= 0.3 is 5.97 Å². The zero-order chi connectivity index (χ0) is 19.4. The van der Waals surface area contributed by atoms with Crippen molar-refractivity contribution >= 4 is 32.5 Å². The maximum Gasteiger partial charge on any atom is 0.340 e. The summed E-state index contributed by atoms with van der Waals surface area (Å²) in [5.41, 5.74) is 9.00. The second-order valence-corrected chi connectivity index (χ2v) is 9.16. The molecule has 2 aromatic heterocycles. The standard InChI is InChI=1S/C19H19N3O4S/c1-26-18(23)13-10-21-17(20)16-12(13)9-15(22-16)11-5-3-4-6-14(11)19(7-8-19)27(2,24)25/h3-6,9-10,22H,7-8H2,1-2H3,(H2,20,21). The third-order valence-corrected chi connectivity index (χ3v) is 7.27. The summed E-state index contributed by atoms with van der Waals surface area (Å²) in [7, 11) is -1.96. The number of pyridine rings is 1. The van der Waals surface area contributed by atoms with E-state index in [0.717, 1.165) is 11.1 Å². The Kier molecular flexibility index (Phi) is 3.78. The number of nitrogens with zero attached hydrogens (tertiary/aromatic N) is 1. The molecular weight excluding hydrogens is 366 g/mol. The van der Waals surface area contributed by atoms with Gasteiger partial charge in [0.15, 0.2) is 9.84 Å². The van der Waals surface area contributed by atoms with Gasteiger partial charge < -0.3 is 15.5 Å². The summed E-state index contributed by atoms with van der Waals surface area (Å²) in [6, 6.07) is 9.19. The van der Waals surface area contributed by atoms with Crippen LogP contribution in [0.4, 0.5) is 5.82 Å². The number of benzene rings is 1. The van der Waals surface area contributed by atoms with Gasteiger partial charge in [0.05, 0.1) is 22.9 Å². The molecule has 4 rings (SSSR count). The van der Waals surface area contributed by atoms with Crippen LogP contribution >= 0.6 is 0 Å². The molecular formula is C19H19N3O4S. The third kappa shape index (κ3) is 2.59. The van der Waals surface area contributed by atoms with Crippen LogP contribution in [0.5, 0.6) is 0 Å². The summed E-state index contributed by atoms with van der Waals surface area (Å²) in [4.78, 5) is 19.3. The van der Waals surface area contributed by atoms with E-state index in [1.54, 1.807) is 6.07 Å². The molecule has 3 N–H and O–H groups in total. The number of esters is 1. The van der Waals surface area contributed by atoms with Crippen molar-refractivity contribution in [1.82, 2.24) is 9.97 Å². The monoisotopic (exact) mass is 385 g/mol. The van der Waals surface area contributed by atoms with Crippen LogP contribution in [-0.4, -0.2) is 37.7 Å². The van der Waals surface area contributed by atoms with Crippen molar-refractivity contribution in [3.05, 3.63) is 47.7 Å². The van der Waals surface area contributed by atoms with E-state index in [0.29, 0.717) is 35.0 Å². The molecule has 0 spiro atoms. The van der Waals surface area contributed by atoms with E-state index in [2.05, 4.69) is 9.97 Å². The molecule has 1 aliphatic rings. The lowest BCUT2D eigenvalue weighted by Gasteiger charge is -2.17. The fraction of sp³-hybridized carbons (Fsp3) is 0.263. The Hall–Kier alpha value is -2.87. The number of rotatable bonds is 4. The van der Waals surface area contributed by atoms with Crippen LogP contribution in [-0.2, 0) is 19.3 Å². The highest BCUT2D eigenvalue weighted by molar-refractivity contribution is 7.92. The fourth-order valence-corrected chi connectivity index (χ4v) is 5.04. The Morgan fingerprint density at radius 2 is 2.00 bits per heavy atom. The van der Waals surface area contributed by atoms with Gasteiger partial charge in [0.2, 0.25) is 0 Å². The van der Waals surface area contributed by atoms with Crippen molar-refractivity contribution < 1.29 is 17.9 Å². The number of methoxy groups -OCH3 is 1. The van der Waals surface area contributed by atoms with E-state index in [1.165, 1.54) is 19.6 Å². The lowest BCUT2D eigenvalue weighted by atomic mass is 10.00. The minimum Gasteiger partial charge on any atom is -0.465 e. The second kappa shape index (κ2) is 5.82. The van der Waals surface area contributed by atoms with Gasteiger partial charge in [-0.2, -0.15) is 0 Å². The summed E-state index contributed by atoms with van der Waals surface area (Å²) < 4.78 is 28.8. The van der Waals surface area contributed by atoms with Crippen LogP contribution in [0, 0.1) is 0 Å². The normalized spacial score (nSPS) is 15.6. The molecule has 1 aromatic carbocycles. The Bertz CT molecular complexity index is 1180. The number of nitrogens with one attached hydrogen (secondary N) is 1. The molecule has 0 atom stereocenters. The second-order valence-electron chi connectivity index (χ2n) is 6.83. The molecule has 0 aliphatic heterocycles. The highest BCUT2D eigenvalue weighted by Gasteiger charge is 2.54. The SMILES string of the molecule is COC(=O)c1cnc(N)c2[nH]c(-c3ccccc3C3(S(C)(=O)=O)CC3)cc12. The Balaban J connectivity index is 1.96. The zero-order valence-corrected chi connectivity index (χ0v) is 15.8. The Morgan fingerprint density at radius 3 is 2.63 bits per heavy atom. The molecule has 140 valence electrons. The third-order valence-electron chi connectivity index (χ3n) is 5.22. The Labute approximate surface area is 156 Å². The van der Waals surface area contributed by atoms with Gasteiger partial charge in [-0.25, -0.2) is 18.2 Å². The van der Waals surface area contributed by atoms with Crippen LogP contribution in [0.25, 0.3) is 22.2 Å². The predicted molar refractivity (Wildman–Crippen MR) is 103 cm³/mol. The van der Waals surface area contributed by atoms with Gasteiger partial charge in [0, 0.05) is 29.1 Å².